The summed E-state index contributed by atoms with van der Waals surface area (Å²) in [5.41, 5.74) is -0.221. The van der Waals surface area contributed by atoms with Crippen LogP contribution in [0, 0.1) is 5.82 Å². The van der Waals surface area contributed by atoms with Crippen LogP contribution in [0.3, 0.4) is 0 Å². The van der Waals surface area contributed by atoms with Crippen molar-refractivity contribution in [3.05, 3.63) is 34.6 Å². The number of hydrogen-bond acceptors (Lipinski definition) is 2. The van der Waals surface area contributed by atoms with Gasteiger partial charge in [-0.2, -0.15) is 0 Å². The van der Waals surface area contributed by atoms with Crippen LogP contribution in [0.1, 0.15) is 30.1 Å². The molecule has 0 saturated carbocycles. The summed E-state index contributed by atoms with van der Waals surface area (Å²) >= 11 is 5.56. The van der Waals surface area contributed by atoms with Crippen molar-refractivity contribution >= 4 is 23.5 Å². The molecule has 0 spiro atoms. The summed E-state index contributed by atoms with van der Waals surface area (Å²) in [6, 6.07) is 2.58. The fourth-order valence-corrected chi connectivity index (χ4v) is 1.61. The minimum absolute atomic E-state index is 0.174. The molecule has 1 aromatic carbocycles. The molecule has 0 heterocycles. The van der Waals surface area contributed by atoms with Gasteiger partial charge < -0.3 is 10.4 Å². The molecule has 4 nitrogen and oxygen atoms in total. The van der Waals surface area contributed by atoms with Crippen molar-refractivity contribution in [1.82, 2.24) is 5.32 Å². The molecule has 1 unspecified atom stereocenters. The van der Waals surface area contributed by atoms with Crippen molar-refractivity contribution in [1.29, 1.82) is 0 Å². The fourth-order valence-electron chi connectivity index (χ4n) is 1.46. The summed E-state index contributed by atoms with van der Waals surface area (Å²) in [5.74, 6) is -2.68. The van der Waals surface area contributed by atoms with Crippen molar-refractivity contribution in [2.75, 3.05) is 0 Å². The van der Waals surface area contributed by atoms with Gasteiger partial charge in [0.1, 0.15) is 11.9 Å². The smallest absolute Gasteiger partial charge is 0.326 e. The number of carbonyl (C=O) groups is 2. The zero-order valence-corrected chi connectivity index (χ0v) is 10.5. The second kappa shape index (κ2) is 6.35. The molecule has 0 aliphatic carbocycles. The topological polar surface area (TPSA) is 66.4 Å². The fraction of sp³-hybridized carbons (Fsp3) is 0.333. The van der Waals surface area contributed by atoms with Gasteiger partial charge in [0, 0.05) is 5.02 Å². The number of hydrogen-bond donors (Lipinski definition) is 2. The van der Waals surface area contributed by atoms with Gasteiger partial charge in [-0.15, -0.1) is 0 Å². The maximum atomic E-state index is 13.4. The first-order valence-corrected chi connectivity index (χ1v) is 5.82. The number of halogens is 2. The molecule has 0 bridgehead atoms. The Morgan fingerprint density at radius 3 is 2.67 bits per heavy atom. The maximum absolute atomic E-state index is 13.4. The van der Waals surface area contributed by atoms with Crippen LogP contribution in [-0.2, 0) is 4.79 Å². The third-order valence-corrected chi connectivity index (χ3v) is 2.59. The SMILES string of the molecule is CCCC(NC(=O)c1ccc(Cl)cc1F)C(=O)O. The van der Waals surface area contributed by atoms with E-state index in [2.05, 4.69) is 5.32 Å². The third kappa shape index (κ3) is 3.70. The van der Waals surface area contributed by atoms with E-state index in [0.29, 0.717) is 6.42 Å². The molecular formula is C12H13ClFNO3. The standard InChI is InChI=1S/C12H13ClFNO3/c1-2-3-10(12(17)18)15-11(16)8-5-4-7(13)6-9(8)14/h4-6,10H,2-3H2,1H3,(H,15,16)(H,17,18). The van der Waals surface area contributed by atoms with Crippen molar-refractivity contribution in [2.45, 2.75) is 25.8 Å². The Morgan fingerprint density at radius 1 is 1.50 bits per heavy atom. The number of carboxylic acids is 1. The second-order valence-electron chi connectivity index (χ2n) is 3.78. The van der Waals surface area contributed by atoms with Gasteiger partial charge >= 0.3 is 5.97 Å². The quantitative estimate of drug-likeness (QED) is 0.866. The monoisotopic (exact) mass is 273 g/mol. The lowest BCUT2D eigenvalue weighted by molar-refractivity contribution is -0.139. The van der Waals surface area contributed by atoms with Crippen molar-refractivity contribution in [3.8, 4) is 0 Å². The summed E-state index contributed by atoms with van der Waals surface area (Å²) in [6.45, 7) is 1.80. The highest BCUT2D eigenvalue weighted by atomic mass is 35.5. The van der Waals surface area contributed by atoms with Crippen LogP contribution in [0.15, 0.2) is 18.2 Å². The van der Waals surface area contributed by atoms with E-state index in [1.165, 1.54) is 12.1 Å². The van der Waals surface area contributed by atoms with Gasteiger partial charge in [-0.05, 0) is 24.6 Å². The molecule has 0 aromatic heterocycles. The number of carboxylic acid groups (broad SMARTS) is 1. The van der Waals surface area contributed by atoms with Crippen LogP contribution < -0.4 is 5.32 Å². The minimum Gasteiger partial charge on any atom is -0.480 e. The van der Waals surface area contributed by atoms with Crippen molar-refractivity contribution in [2.24, 2.45) is 0 Å². The molecule has 1 rings (SSSR count). The van der Waals surface area contributed by atoms with Crippen LogP contribution in [0.5, 0.6) is 0 Å². The molecule has 2 N–H and O–H groups in total. The summed E-state index contributed by atoms with van der Waals surface area (Å²) in [7, 11) is 0. The lowest BCUT2D eigenvalue weighted by atomic mass is 10.1. The predicted octanol–water partition coefficient (Wildman–Crippen LogP) is 2.46. The van der Waals surface area contributed by atoms with Crippen LogP contribution in [0.4, 0.5) is 4.39 Å². The molecule has 0 aliphatic heterocycles. The molecule has 18 heavy (non-hydrogen) atoms. The van der Waals surface area contributed by atoms with Crippen molar-refractivity contribution < 1.29 is 19.1 Å². The highest BCUT2D eigenvalue weighted by molar-refractivity contribution is 6.30. The predicted molar refractivity (Wildman–Crippen MR) is 65.2 cm³/mol. The van der Waals surface area contributed by atoms with Gasteiger partial charge in [0.15, 0.2) is 0 Å². The average molecular weight is 274 g/mol. The molecule has 1 amide bonds. The van der Waals surface area contributed by atoms with Gasteiger partial charge in [-0.25, -0.2) is 9.18 Å². The highest BCUT2D eigenvalue weighted by Gasteiger charge is 2.21. The molecule has 98 valence electrons. The Bertz CT molecular complexity index is 465. The van der Waals surface area contributed by atoms with Gasteiger partial charge in [0.25, 0.3) is 5.91 Å². The first-order chi connectivity index (χ1) is 8.45. The molecule has 0 saturated heterocycles. The molecule has 1 aromatic rings. The van der Waals surface area contributed by atoms with E-state index >= 15 is 0 Å². The van der Waals surface area contributed by atoms with E-state index in [9.17, 15) is 14.0 Å². The molecular weight excluding hydrogens is 261 g/mol. The second-order valence-corrected chi connectivity index (χ2v) is 4.21. The number of aliphatic carboxylic acids is 1. The Hall–Kier alpha value is -1.62. The first-order valence-electron chi connectivity index (χ1n) is 5.44. The van der Waals surface area contributed by atoms with Crippen LogP contribution in [0.25, 0.3) is 0 Å². The van der Waals surface area contributed by atoms with E-state index in [1.807, 2.05) is 0 Å². The molecule has 0 radical (unpaired) electrons. The third-order valence-electron chi connectivity index (χ3n) is 2.36. The normalized spacial score (nSPS) is 11.9. The number of nitrogens with one attached hydrogen (secondary N) is 1. The van der Waals surface area contributed by atoms with Gasteiger partial charge in [0.05, 0.1) is 5.56 Å². The maximum Gasteiger partial charge on any atom is 0.326 e. The number of carbonyl (C=O) groups excluding carboxylic acids is 1. The van der Waals surface area contributed by atoms with Crippen molar-refractivity contribution in [3.63, 3.8) is 0 Å². The minimum atomic E-state index is -1.14. The molecule has 6 heteroatoms. The van der Waals surface area contributed by atoms with E-state index in [-0.39, 0.29) is 17.0 Å². The first kappa shape index (κ1) is 14.4. The zero-order valence-electron chi connectivity index (χ0n) is 9.74. The van der Waals surface area contributed by atoms with E-state index in [4.69, 9.17) is 16.7 Å². The summed E-state index contributed by atoms with van der Waals surface area (Å²) < 4.78 is 13.4. The van der Waals surface area contributed by atoms with Crippen LogP contribution in [-0.4, -0.2) is 23.0 Å². The van der Waals surface area contributed by atoms with Gasteiger partial charge in [0.2, 0.25) is 0 Å². The molecule has 0 fully saturated rings. The highest BCUT2D eigenvalue weighted by Crippen LogP contribution is 2.14. The average Bonchev–Trinajstić information content (AvgIpc) is 2.27. The zero-order chi connectivity index (χ0) is 13.7. The van der Waals surface area contributed by atoms with Gasteiger partial charge in [-0.3, -0.25) is 4.79 Å². The van der Waals surface area contributed by atoms with Crippen LogP contribution >= 0.6 is 11.6 Å². The number of benzene rings is 1. The van der Waals surface area contributed by atoms with Crippen LogP contribution in [0.2, 0.25) is 5.02 Å². The van der Waals surface area contributed by atoms with E-state index in [1.54, 1.807) is 6.92 Å². The van der Waals surface area contributed by atoms with E-state index in [0.717, 1.165) is 6.07 Å². The lowest BCUT2D eigenvalue weighted by Crippen LogP contribution is -2.40. The summed E-state index contributed by atoms with van der Waals surface area (Å²) in [6.07, 6.45) is 0.886. The summed E-state index contributed by atoms with van der Waals surface area (Å²) in [4.78, 5) is 22.6. The largest absolute Gasteiger partial charge is 0.480 e. The number of rotatable bonds is 5. The van der Waals surface area contributed by atoms with Gasteiger partial charge in [-0.1, -0.05) is 24.9 Å². The Kier molecular flexibility index (Phi) is 5.09. The molecule has 1 atom stereocenters. The number of amides is 1. The Balaban J connectivity index is 2.83. The Labute approximate surface area is 109 Å². The van der Waals surface area contributed by atoms with E-state index < -0.39 is 23.7 Å². The summed E-state index contributed by atoms with van der Waals surface area (Å²) in [5, 5.41) is 11.3. The Morgan fingerprint density at radius 2 is 2.17 bits per heavy atom. The lowest BCUT2D eigenvalue weighted by Gasteiger charge is -2.13. The molecule has 0 aliphatic rings.